The molecule has 0 aliphatic carbocycles. The molecule has 1 amide bonds. The van der Waals surface area contributed by atoms with E-state index in [0.717, 1.165) is 27.7 Å². The molecule has 4 rings (SSSR count). The van der Waals surface area contributed by atoms with Gasteiger partial charge in [-0.1, -0.05) is 111 Å². The van der Waals surface area contributed by atoms with E-state index in [1.807, 2.05) is 78.9 Å². The average molecular weight is 509 g/mol. The van der Waals surface area contributed by atoms with E-state index >= 15 is 0 Å². The van der Waals surface area contributed by atoms with E-state index in [4.69, 9.17) is 0 Å². The van der Waals surface area contributed by atoms with E-state index in [2.05, 4.69) is 56.1 Å². The maximum atomic E-state index is 13.6. The fourth-order valence-corrected chi connectivity index (χ4v) is 4.39. The molecule has 0 radical (unpaired) electrons. The average Bonchev–Trinajstić information content (AvgIpc) is 2.79. The van der Waals surface area contributed by atoms with E-state index in [1.165, 1.54) is 0 Å². The summed E-state index contributed by atoms with van der Waals surface area (Å²) in [6.07, 6.45) is 0. The molecule has 0 spiro atoms. The predicted octanol–water partition coefficient (Wildman–Crippen LogP) is 7.40. The van der Waals surface area contributed by atoms with E-state index < -0.39 is 4.83 Å². The van der Waals surface area contributed by atoms with Gasteiger partial charge in [0.15, 0.2) is 0 Å². The predicted molar refractivity (Wildman–Crippen MR) is 128 cm³/mol. The Labute approximate surface area is 187 Å². The number of carbonyl (C=O) groups excluding carboxylic acids is 1. The molecule has 2 nitrogen and oxygen atoms in total. The van der Waals surface area contributed by atoms with Crippen LogP contribution in [-0.2, 0) is 4.79 Å². The number of alkyl halides is 2. The first-order valence-electron chi connectivity index (χ1n) is 9.36. The second-order valence-electron chi connectivity index (χ2n) is 6.75. The highest BCUT2D eigenvalue weighted by molar-refractivity contribution is 9.12. The highest BCUT2D eigenvalue weighted by atomic mass is 79.9. The van der Waals surface area contributed by atoms with Crippen molar-refractivity contribution in [3.63, 3.8) is 0 Å². The Bertz CT molecular complexity index is 1120. The van der Waals surface area contributed by atoms with Crippen molar-refractivity contribution < 1.29 is 4.79 Å². The van der Waals surface area contributed by atoms with Crippen LogP contribution in [0.5, 0.6) is 0 Å². The van der Waals surface area contributed by atoms with E-state index in [9.17, 15) is 4.79 Å². The second kappa shape index (κ2) is 8.93. The molecule has 144 valence electrons. The largest absolute Gasteiger partial charge is 0.280 e. The lowest BCUT2D eigenvalue weighted by Crippen LogP contribution is -2.35. The Kier molecular flexibility index (Phi) is 6.12. The van der Waals surface area contributed by atoms with Gasteiger partial charge >= 0.3 is 0 Å². The van der Waals surface area contributed by atoms with Crippen molar-refractivity contribution in [3.8, 4) is 0 Å². The minimum atomic E-state index is -0.434. The normalized spacial score (nSPS) is 13.0. The SMILES string of the molecule is O=C([C@@H](Br)[C@H](Br)c1ccccc1)N(c1ccccc1)c1ccc2ccccc2c1. The number of nitrogens with zero attached hydrogens (tertiary/aromatic N) is 1. The standard InChI is InChI=1S/C25H19Br2NO/c26-23(19-10-3-1-4-11-19)24(27)25(29)28(21-13-5-2-6-14-21)22-16-15-18-9-7-8-12-20(18)17-22/h1-17,23-24H/t23-,24+/m1/s1. The van der Waals surface area contributed by atoms with Gasteiger partial charge in [-0.3, -0.25) is 9.69 Å². The summed E-state index contributed by atoms with van der Waals surface area (Å²) in [5.41, 5.74) is 2.73. The highest BCUT2D eigenvalue weighted by Crippen LogP contribution is 2.36. The number of amides is 1. The summed E-state index contributed by atoms with van der Waals surface area (Å²) in [6, 6.07) is 34.0. The van der Waals surface area contributed by atoms with Gasteiger partial charge in [0.2, 0.25) is 5.91 Å². The van der Waals surface area contributed by atoms with Gasteiger partial charge < -0.3 is 0 Å². The number of carbonyl (C=O) groups is 1. The minimum Gasteiger partial charge on any atom is -0.280 e. The van der Waals surface area contributed by atoms with Crippen LogP contribution in [0.15, 0.2) is 103 Å². The van der Waals surface area contributed by atoms with E-state index in [1.54, 1.807) is 4.90 Å². The van der Waals surface area contributed by atoms with Gasteiger partial charge in [-0.15, -0.1) is 0 Å². The van der Waals surface area contributed by atoms with Gasteiger partial charge in [0.05, 0.1) is 4.83 Å². The Morgan fingerprint density at radius 1 is 0.655 bits per heavy atom. The summed E-state index contributed by atoms with van der Waals surface area (Å²) in [5, 5.41) is 2.25. The van der Waals surface area contributed by atoms with Crippen molar-refractivity contribution in [2.24, 2.45) is 0 Å². The number of halogens is 2. The van der Waals surface area contributed by atoms with Crippen LogP contribution in [0.25, 0.3) is 10.8 Å². The lowest BCUT2D eigenvalue weighted by atomic mass is 10.1. The molecule has 4 heteroatoms. The molecule has 0 heterocycles. The van der Waals surface area contributed by atoms with Crippen LogP contribution in [0, 0.1) is 0 Å². The van der Waals surface area contributed by atoms with E-state index in [-0.39, 0.29) is 10.7 Å². The topological polar surface area (TPSA) is 20.3 Å². The minimum absolute atomic E-state index is 0.0304. The fourth-order valence-electron chi connectivity index (χ4n) is 3.35. The Hall–Kier alpha value is -2.43. The lowest BCUT2D eigenvalue weighted by molar-refractivity contribution is -0.117. The van der Waals surface area contributed by atoms with Gasteiger partial charge in [0, 0.05) is 11.4 Å². The van der Waals surface area contributed by atoms with Crippen molar-refractivity contribution in [3.05, 3.63) is 109 Å². The maximum Gasteiger partial charge on any atom is 0.246 e. The highest BCUT2D eigenvalue weighted by Gasteiger charge is 2.31. The Morgan fingerprint density at radius 3 is 1.93 bits per heavy atom. The van der Waals surface area contributed by atoms with Crippen molar-refractivity contribution in [2.45, 2.75) is 9.65 Å². The summed E-state index contributed by atoms with van der Waals surface area (Å²) in [6.45, 7) is 0. The summed E-state index contributed by atoms with van der Waals surface area (Å²) in [4.78, 5) is 14.8. The van der Waals surface area contributed by atoms with Crippen LogP contribution < -0.4 is 4.90 Å². The van der Waals surface area contributed by atoms with Crippen molar-refractivity contribution >= 4 is 59.9 Å². The molecule has 0 saturated heterocycles. The first-order chi connectivity index (χ1) is 14.1. The number of fused-ring (bicyclic) bond motifs is 1. The third-order valence-corrected chi connectivity index (χ3v) is 7.52. The summed E-state index contributed by atoms with van der Waals surface area (Å²) in [7, 11) is 0. The molecule has 0 aliphatic heterocycles. The van der Waals surface area contributed by atoms with Crippen LogP contribution in [0.4, 0.5) is 11.4 Å². The molecular weight excluding hydrogens is 490 g/mol. The van der Waals surface area contributed by atoms with Gasteiger partial charge in [-0.2, -0.15) is 0 Å². The molecule has 4 aromatic carbocycles. The third-order valence-electron chi connectivity index (χ3n) is 4.84. The number of anilines is 2. The fraction of sp³-hybridized carbons (Fsp3) is 0.0800. The van der Waals surface area contributed by atoms with Crippen molar-refractivity contribution in [1.29, 1.82) is 0 Å². The molecule has 0 fully saturated rings. The van der Waals surface area contributed by atoms with Crippen LogP contribution in [0.3, 0.4) is 0 Å². The Morgan fingerprint density at radius 2 is 1.24 bits per heavy atom. The molecule has 29 heavy (non-hydrogen) atoms. The number of hydrogen-bond donors (Lipinski definition) is 0. The third kappa shape index (κ3) is 4.29. The molecule has 0 unspecified atom stereocenters. The summed E-state index contributed by atoms with van der Waals surface area (Å²) < 4.78 is 0. The first-order valence-corrected chi connectivity index (χ1v) is 11.2. The molecule has 0 aliphatic rings. The molecular formula is C25H19Br2NO. The number of benzene rings is 4. The molecule has 0 aromatic heterocycles. The smallest absolute Gasteiger partial charge is 0.246 e. The summed E-state index contributed by atoms with van der Waals surface area (Å²) >= 11 is 7.36. The lowest BCUT2D eigenvalue weighted by Gasteiger charge is -2.28. The molecule has 0 bridgehead atoms. The van der Waals surface area contributed by atoms with Gasteiger partial charge in [0.1, 0.15) is 4.83 Å². The van der Waals surface area contributed by atoms with Gasteiger partial charge in [0.25, 0.3) is 0 Å². The van der Waals surface area contributed by atoms with E-state index in [0.29, 0.717) is 0 Å². The second-order valence-corrected chi connectivity index (χ2v) is 8.73. The molecule has 0 N–H and O–H groups in total. The van der Waals surface area contributed by atoms with Gasteiger partial charge in [-0.05, 0) is 40.6 Å². The van der Waals surface area contributed by atoms with Crippen LogP contribution in [-0.4, -0.2) is 10.7 Å². The van der Waals surface area contributed by atoms with Crippen LogP contribution >= 0.6 is 31.9 Å². The number of hydrogen-bond acceptors (Lipinski definition) is 1. The first kappa shape index (κ1) is 19.9. The maximum absolute atomic E-state index is 13.6. The van der Waals surface area contributed by atoms with Gasteiger partial charge in [-0.25, -0.2) is 0 Å². The zero-order valence-corrected chi connectivity index (χ0v) is 18.8. The number of rotatable bonds is 5. The number of para-hydroxylation sites is 1. The molecule has 4 aromatic rings. The molecule has 2 atom stereocenters. The Balaban J connectivity index is 1.75. The van der Waals surface area contributed by atoms with Crippen molar-refractivity contribution in [2.75, 3.05) is 4.90 Å². The van der Waals surface area contributed by atoms with Crippen molar-refractivity contribution in [1.82, 2.24) is 0 Å². The monoisotopic (exact) mass is 507 g/mol. The summed E-state index contributed by atoms with van der Waals surface area (Å²) in [5.74, 6) is -0.0304. The van der Waals surface area contributed by atoms with Crippen LogP contribution in [0.1, 0.15) is 10.4 Å². The zero-order valence-electron chi connectivity index (χ0n) is 15.6. The molecule has 0 saturated carbocycles. The quantitative estimate of drug-likeness (QED) is 0.257. The van der Waals surface area contributed by atoms with Crippen LogP contribution in [0.2, 0.25) is 0 Å². The zero-order chi connectivity index (χ0) is 20.2.